The number of imidazole rings is 1. The first-order valence-electron chi connectivity index (χ1n) is 6.74. The Morgan fingerprint density at radius 2 is 2.24 bits per heavy atom. The van der Waals surface area contributed by atoms with Gasteiger partial charge in [-0.2, -0.15) is 0 Å². The zero-order chi connectivity index (χ0) is 15.0. The summed E-state index contributed by atoms with van der Waals surface area (Å²) in [7, 11) is -1.67. The Labute approximate surface area is 124 Å². The fourth-order valence-corrected chi connectivity index (χ4v) is 3.05. The van der Waals surface area contributed by atoms with E-state index in [-0.39, 0.29) is 0 Å². The Morgan fingerprint density at radius 3 is 2.90 bits per heavy atom. The number of hydrogen-bond acceptors (Lipinski definition) is 4. The number of hydrogen-bond donors (Lipinski definition) is 1. The molecule has 0 unspecified atom stereocenters. The van der Waals surface area contributed by atoms with Gasteiger partial charge in [0.1, 0.15) is 0 Å². The van der Waals surface area contributed by atoms with Crippen LogP contribution in [0.25, 0.3) is 0 Å². The number of fused-ring (bicyclic) bond motifs is 1. The Balaban J connectivity index is 1.90. The molecule has 1 aromatic heterocycles. The average Bonchev–Trinajstić information content (AvgIpc) is 3.07. The van der Waals surface area contributed by atoms with E-state index in [0.29, 0.717) is 5.69 Å². The van der Waals surface area contributed by atoms with E-state index in [2.05, 4.69) is 14.9 Å². The number of benzene rings is 1. The van der Waals surface area contributed by atoms with Crippen LogP contribution in [0.1, 0.15) is 11.3 Å². The van der Waals surface area contributed by atoms with Gasteiger partial charge in [0.2, 0.25) is 10.0 Å². The van der Waals surface area contributed by atoms with Gasteiger partial charge in [-0.1, -0.05) is 6.07 Å². The van der Waals surface area contributed by atoms with Crippen LogP contribution in [-0.4, -0.2) is 38.2 Å². The lowest BCUT2D eigenvalue weighted by atomic mass is 10.1. The molecule has 0 radical (unpaired) electrons. The molecule has 7 heteroatoms. The van der Waals surface area contributed by atoms with Crippen molar-refractivity contribution in [1.82, 2.24) is 9.97 Å². The third-order valence-electron chi connectivity index (χ3n) is 3.83. The van der Waals surface area contributed by atoms with Crippen molar-refractivity contribution in [3.8, 4) is 0 Å². The van der Waals surface area contributed by atoms with Gasteiger partial charge in [-0.3, -0.25) is 4.31 Å². The summed E-state index contributed by atoms with van der Waals surface area (Å²) in [4.78, 5) is 9.43. The summed E-state index contributed by atoms with van der Waals surface area (Å²) in [5.74, 6) is 0. The van der Waals surface area contributed by atoms with Crippen molar-refractivity contribution in [2.24, 2.45) is 0 Å². The van der Waals surface area contributed by atoms with Crippen LogP contribution < -0.4 is 9.21 Å². The summed E-state index contributed by atoms with van der Waals surface area (Å²) in [5, 5.41) is 0. The molecule has 112 valence electrons. The Kier molecular flexibility index (Phi) is 3.36. The Bertz CT molecular complexity index is 740. The lowest BCUT2D eigenvalue weighted by molar-refractivity contribution is 0.600. The van der Waals surface area contributed by atoms with Crippen LogP contribution in [0.2, 0.25) is 0 Å². The van der Waals surface area contributed by atoms with E-state index in [4.69, 9.17) is 0 Å². The highest BCUT2D eigenvalue weighted by Gasteiger charge is 2.22. The van der Waals surface area contributed by atoms with Gasteiger partial charge in [0.15, 0.2) is 0 Å². The maximum atomic E-state index is 11.7. The van der Waals surface area contributed by atoms with Crippen molar-refractivity contribution < 1.29 is 8.42 Å². The summed E-state index contributed by atoms with van der Waals surface area (Å²) in [5.41, 5.74) is 4.00. The Morgan fingerprint density at radius 1 is 1.43 bits per heavy atom. The quantitative estimate of drug-likeness (QED) is 0.926. The van der Waals surface area contributed by atoms with Crippen LogP contribution in [0.3, 0.4) is 0 Å². The van der Waals surface area contributed by atoms with Gasteiger partial charge in [0.25, 0.3) is 0 Å². The second-order valence-corrected chi connectivity index (χ2v) is 7.29. The number of nitrogens with zero attached hydrogens (tertiary/aromatic N) is 3. The minimum atomic E-state index is -3.24. The number of H-pyrrole nitrogens is 1. The van der Waals surface area contributed by atoms with Crippen molar-refractivity contribution in [3.63, 3.8) is 0 Å². The monoisotopic (exact) mass is 306 g/mol. The largest absolute Gasteiger partial charge is 0.365 e. The van der Waals surface area contributed by atoms with Crippen LogP contribution in [0.4, 0.5) is 11.4 Å². The van der Waals surface area contributed by atoms with Gasteiger partial charge in [-0.15, -0.1) is 0 Å². The summed E-state index contributed by atoms with van der Waals surface area (Å²) < 4.78 is 24.6. The van der Waals surface area contributed by atoms with E-state index >= 15 is 0 Å². The van der Waals surface area contributed by atoms with Crippen LogP contribution in [0, 0.1) is 0 Å². The lowest BCUT2D eigenvalue weighted by Gasteiger charge is -2.21. The molecule has 0 fully saturated rings. The number of rotatable bonds is 4. The van der Waals surface area contributed by atoms with Gasteiger partial charge in [-0.05, 0) is 24.1 Å². The molecule has 0 aliphatic carbocycles. The van der Waals surface area contributed by atoms with Crippen molar-refractivity contribution >= 4 is 21.4 Å². The summed E-state index contributed by atoms with van der Waals surface area (Å²) in [6, 6.07) is 5.81. The van der Waals surface area contributed by atoms with Crippen molar-refractivity contribution in [3.05, 3.63) is 42.0 Å². The SMILES string of the molecule is CN(c1ccc2c(c1)N(Cc1c[nH]cn1)CC2)S(C)(=O)=O. The summed E-state index contributed by atoms with van der Waals surface area (Å²) >= 11 is 0. The molecular weight excluding hydrogens is 288 g/mol. The number of aromatic nitrogens is 2. The standard InChI is InChI=1S/C14H18N4O2S/c1-17(21(2,19)20)13-4-3-11-5-6-18(14(11)7-13)9-12-8-15-10-16-12/h3-4,7-8,10H,5-6,9H2,1-2H3,(H,15,16). The molecule has 0 saturated heterocycles. The zero-order valence-corrected chi connectivity index (χ0v) is 12.9. The van der Waals surface area contributed by atoms with E-state index < -0.39 is 10.0 Å². The molecule has 2 heterocycles. The number of nitrogens with one attached hydrogen (secondary N) is 1. The van der Waals surface area contributed by atoms with Crippen molar-refractivity contribution in [1.29, 1.82) is 0 Å². The van der Waals surface area contributed by atoms with Crippen molar-refractivity contribution in [2.75, 3.05) is 29.1 Å². The molecule has 1 aromatic carbocycles. The van der Waals surface area contributed by atoms with Crippen LogP contribution >= 0.6 is 0 Å². The molecule has 0 amide bonds. The fraction of sp³-hybridized carbons (Fsp3) is 0.357. The van der Waals surface area contributed by atoms with Gasteiger partial charge in [0, 0.05) is 25.5 Å². The Hall–Kier alpha value is -2.02. The molecular formula is C14H18N4O2S. The van der Waals surface area contributed by atoms with Gasteiger partial charge in [-0.25, -0.2) is 13.4 Å². The smallest absolute Gasteiger partial charge is 0.231 e. The molecule has 0 bridgehead atoms. The maximum absolute atomic E-state index is 11.7. The third kappa shape index (κ3) is 2.73. The molecule has 1 N–H and O–H groups in total. The van der Waals surface area contributed by atoms with Gasteiger partial charge >= 0.3 is 0 Å². The number of anilines is 2. The first kappa shape index (κ1) is 13.9. The molecule has 2 aromatic rings. The first-order chi connectivity index (χ1) is 9.95. The maximum Gasteiger partial charge on any atom is 0.231 e. The molecule has 6 nitrogen and oxygen atoms in total. The first-order valence-corrected chi connectivity index (χ1v) is 8.59. The normalized spacial score (nSPS) is 14.3. The van der Waals surface area contributed by atoms with E-state index in [9.17, 15) is 8.42 Å². The zero-order valence-electron chi connectivity index (χ0n) is 12.1. The number of sulfonamides is 1. The van der Waals surface area contributed by atoms with Crippen molar-refractivity contribution in [2.45, 2.75) is 13.0 Å². The summed E-state index contributed by atoms with van der Waals surface area (Å²) in [6.45, 7) is 1.65. The third-order valence-corrected chi connectivity index (χ3v) is 5.04. The molecule has 0 spiro atoms. The second kappa shape index (κ2) is 5.07. The lowest BCUT2D eigenvalue weighted by Crippen LogP contribution is -2.25. The molecule has 1 aliphatic heterocycles. The highest BCUT2D eigenvalue weighted by atomic mass is 32.2. The average molecular weight is 306 g/mol. The van der Waals surface area contributed by atoms with Gasteiger partial charge < -0.3 is 9.88 Å². The van der Waals surface area contributed by atoms with E-state index in [1.54, 1.807) is 13.4 Å². The molecule has 0 atom stereocenters. The molecule has 1 aliphatic rings. The van der Waals surface area contributed by atoms with Crippen LogP contribution in [0.5, 0.6) is 0 Å². The van der Waals surface area contributed by atoms with Gasteiger partial charge in [0.05, 0.1) is 30.5 Å². The predicted molar refractivity (Wildman–Crippen MR) is 83.0 cm³/mol. The van der Waals surface area contributed by atoms with Crippen LogP contribution in [-0.2, 0) is 23.0 Å². The highest BCUT2D eigenvalue weighted by Crippen LogP contribution is 2.33. The number of aromatic amines is 1. The topological polar surface area (TPSA) is 69.3 Å². The van der Waals surface area contributed by atoms with E-state index in [0.717, 1.165) is 30.9 Å². The van der Waals surface area contributed by atoms with Crippen LogP contribution in [0.15, 0.2) is 30.7 Å². The summed E-state index contributed by atoms with van der Waals surface area (Å²) in [6.07, 6.45) is 5.73. The minimum Gasteiger partial charge on any atom is -0.365 e. The van der Waals surface area contributed by atoms with E-state index in [1.807, 2.05) is 24.4 Å². The fourth-order valence-electron chi connectivity index (χ4n) is 2.56. The molecule has 21 heavy (non-hydrogen) atoms. The minimum absolute atomic E-state index is 0.685. The highest BCUT2D eigenvalue weighted by molar-refractivity contribution is 7.92. The van der Waals surface area contributed by atoms with E-state index in [1.165, 1.54) is 16.1 Å². The predicted octanol–water partition coefficient (Wildman–Crippen LogP) is 1.37. The second-order valence-electron chi connectivity index (χ2n) is 5.28. The molecule has 3 rings (SSSR count). The molecule has 0 saturated carbocycles.